The van der Waals surface area contributed by atoms with Crippen LogP contribution in [0.3, 0.4) is 0 Å². The molecule has 1 aromatic heterocycles. The molecular formula is C26H37ClN4O2. The van der Waals surface area contributed by atoms with Gasteiger partial charge in [0.25, 0.3) is 5.91 Å². The molecule has 2 amide bonds. The molecule has 2 atom stereocenters. The Labute approximate surface area is 202 Å². The lowest BCUT2D eigenvalue weighted by atomic mass is 9.84. The van der Waals surface area contributed by atoms with Gasteiger partial charge >= 0.3 is 0 Å². The second-order valence-corrected chi connectivity index (χ2v) is 10.5. The van der Waals surface area contributed by atoms with Crippen molar-refractivity contribution in [3.05, 3.63) is 35.0 Å². The number of likely N-dealkylation sites (tertiary alicyclic amines) is 2. The van der Waals surface area contributed by atoms with Gasteiger partial charge in [-0.2, -0.15) is 0 Å². The maximum absolute atomic E-state index is 13.0. The zero-order valence-corrected chi connectivity index (χ0v) is 20.7. The first-order valence-corrected chi connectivity index (χ1v) is 12.9. The summed E-state index contributed by atoms with van der Waals surface area (Å²) in [4.78, 5) is 33.3. The molecule has 0 unspecified atom stereocenters. The first-order chi connectivity index (χ1) is 15.9. The molecule has 2 fully saturated rings. The molecule has 0 radical (unpaired) electrons. The van der Waals surface area contributed by atoms with Gasteiger partial charge in [0.05, 0.1) is 0 Å². The average Bonchev–Trinajstić information content (AvgIpc) is 3.24. The van der Waals surface area contributed by atoms with Gasteiger partial charge in [-0.15, -0.1) is 0 Å². The highest BCUT2D eigenvalue weighted by Crippen LogP contribution is 2.27. The maximum atomic E-state index is 13.0. The van der Waals surface area contributed by atoms with Crippen LogP contribution < -0.4 is 5.32 Å². The van der Waals surface area contributed by atoms with Crippen molar-refractivity contribution in [2.24, 2.45) is 17.8 Å². The topological polar surface area (TPSA) is 68.4 Å². The van der Waals surface area contributed by atoms with Crippen LogP contribution in [-0.2, 0) is 4.79 Å². The van der Waals surface area contributed by atoms with E-state index in [0.29, 0.717) is 29.7 Å². The monoisotopic (exact) mass is 472 g/mol. The number of aromatic amines is 1. The third-order valence-electron chi connectivity index (χ3n) is 7.45. The SMILES string of the molecule is C[C@@H]1CCCN(CCCNC(=O)[C@H](C)C2CCN(C(=O)c3cc4cc(Cl)ccc4[nH]3)CC2)C1. The number of piperidine rings is 2. The number of hydrogen-bond acceptors (Lipinski definition) is 3. The van der Waals surface area contributed by atoms with Crippen LogP contribution in [0.25, 0.3) is 10.9 Å². The van der Waals surface area contributed by atoms with Crippen molar-refractivity contribution in [3.63, 3.8) is 0 Å². The third kappa shape index (κ3) is 6.10. The maximum Gasteiger partial charge on any atom is 0.270 e. The molecule has 180 valence electrons. The Hall–Kier alpha value is -2.05. The predicted molar refractivity (Wildman–Crippen MR) is 134 cm³/mol. The fourth-order valence-corrected chi connectivity index (χ4v) is 5.55. The number of benzene rings is 1. The van der Waals surface area contributed by atoms with E-state index in [2.05, 4.69) is 22.1 Å². The summed E-state index contributed by atoms with van der Waals surface area (Å²) >= 11 is 6.06. The number of carbonyl (C=O) groups is 2. The third-order valence-corrected chi connectivity index (χ3v) is 7.69. The number of carbonyl (C=O) groups excluding carboxylic acids is 2. The second-order valence-electron chi connectivity index (χ2n) is 10.0. The fraction of sp³-hybridized carbons (Fsp3) is 0.615. The Morgan fingerprint density at radius 2 is 1.97 bits per heavy atom. The van der Waals surface area contributed by atoms with Gasteiger partial charge in [-0.05, 0) is 81.3 Å². The minimum Gasteiger partial charge on any atom is -0.356 e. The van der Waals surface area contributed by atoms with E-state index in [4.69, 9.17) is 11.6 Å². The van der Waals surface area contributed by atoms with Crippen LogP contribution in [0.5, 0.6) is 0 Å². The highest BCUT2D eigenvalue weighted by molar-refractivity contribution is 6.31. The first kappa shape index (κ1) is 24.1. The van der Waals surface area contributed by atoms with Gasteiger partial charge in [0.1, 0.15) is 5.69 Å². The van der Waals surface area contributed by atoms with Gasteiger partial charge in [0.2, 0.25) is 5.91 Å². The molecule has 2 saturated heterocycles. The molecule has 6 nitrogen and oxygen atoms in total. The van der Waals surface area contributed by atoms with Crippen molar-refractivity contribution >= 4 is 34.3 Å². The molecule has 2 N–H and O–H groups in total. The summed E-state index contributed by atoms with van der Waals surface area (Å²) in [6.07, 6.45) is 5.36. The lowest BCUT2D eigenvalue weighted by molar-refractivity contribution is -0.126. The molecule has 0 spiro atoms. The predicted octanol–water partition coefficient (Wildman–Crippen LogP) is 4.55. The van der Waals surface area contributed by atoms with Gasteiger partial charge < -0.3 is 20.1 Å². The number of nitrogens with one attached hydrogen (secondary N) is 2. The molecule has 4 rings (SSSR count). The highest BCUT2D eigenvalue weighted by Gasteiger charge is 2.30. The number of fused-ring (bicyclic) bond motifs is 1. The van der Waals surface area contributed by atoms with Crippen molar-refractivity contribution in [1.82, 2.24) is 20.1 Å². The Bertz CT molecular complexity index is 966. The van der Waals surface area contributed by atoms with Crippen LogP contribution >= 0.6 is 11.6 Å². The van der Waals surface area contributed by atoms with Crippen molar-refractivity contribution in [3.8, 4) is 0 Å². The molecule has 0 saturated carbocycles. The summed E-state index contributed by atoms with van der Waals surface area (Å²) in [6, 6.07) is 7.45. The summed E-state index contributed by atoms with van der Waals surface area (Å²) in [7, 11) is 0. The lowest BCUT2D eigenvalue weighted by Gasteiger charge is -2.34. The second kappa shape index (κ2) is 10.9. The normalized spacial score (nSPS) is 21.3. The lowest BCUT2D eigenvalue weighted by Crippen LogP contribution is -2.43. The molecular weight excluding hydrogens is 436 g/mol. The van der Waals surface area contributed by atoms with Gasteiger partial charge in [-0.25, -0.2) is 0 Å². The first-order valence-electron chi connectivity index (χ1n) is 12.5. The van der Waals surface area contributed by atoms with Crippen LogP contribution in [0.1, 0.15) is 56.4 Å². The van der Waals surface area contributed by atoms with Gasteiger partial charge in [0.15, 0.2) is 0 Å². The molecule has 3 heterocycles. The quantitative estimate of drug-likeness (QED) is 0.581. The summed E-state index contributed by atoms with van der Waals surface area (Å²) in [5, 5.41) is 4.75. The number of aromatic nitrogens is 1. The number of halogens is 1. The fourth-order valence-electron chi connectivity index (χ4n) is 5.37. The van der Waals surface area contributed by atoms with E-state index in [-0.39, 0.29) is 17.7 Å². The van der Waals surface area contributed by atoms with E-state index < -0.39 is 0 Å². The molecule has 2 aliphatic heterocycles. The van der Waals surface area contributed by atoms with Crippen LogP contribution in [0.4, 0.5) is 0 Å². The molecule has 0 bridgehead atoms. The molecule has 0 aliphatic carbocycles. The summed E-state index contributed by atoms with van der Waals surface area (Å²) in [5.74, 6) is 1.26. The number of hydrogen-bond donors (Lipinski definition) is 2. The van der Waals surface area contributed by atoms with Crippen molar-refractivity contribution in [1.29, 1.82) is 0 Å². The summed E-state index contributed by atoms with van der Waals surface area (Å²) in [5.41, 5.74) is 1.51. The van der Waals surface area contributed by atoms with E-state index >= 15 is 0 Å². The largest absolute Gasteiger partial charge is 0.356 e. The Morgan fingerprint density at radius 1 is 1.18 bits per heavy atom. The average molecular weight is 473 g/mol. The molecule has 7 heteroatoms. The molecule has 1 aromatic carbocycles. The van der Waals surface area contributed by atoms with Crippen LogP contribution in [0.15, 0.2) is 24.3 Å². The van der Waals surface area contributed by atoms with Gasteiger partial charge in [-0.3, -0.25) is 9.59 Å². The van der Waals surface area contributed by atoms with E-state index in [1.807, 2.05) is 36.1 Å². The van der Waals surface area contributed by atoms with Crippen molar-refractivity contribution in [2.45, 2.75) is 46.0 Å². The van der Waals surface area contributed by atoms with E-state index in [1.54, 1.807) is 0 Å². The highest BCUT2D eigenvalue weighted by atomic mass is 35.5. The number of nitrogens with zero attached hydrogens (tertiary/aromatic N) is 2. The Kier molecular flexibility index (Phi) is 7.97. The summed E-state index contributed by atoms with van der Waals surface area (Å²) in [6.45, 7) is 9.92. The van der Waals surface area contributed by atoms with Crippen LogP contribution in [-0.4, -0.2) is 65.9 Å². The molecule has 33 heavy (non-hydrogen) atoms. The van der Waals surface area contributed by atoms with E-state index in [0.717, 1.165) is 49.2 Å². The van der Waals surface area contributed by atoms with Crippen LogP contribution in [0.2, 0.25) is 5.02 Å². The standard InChI is InChI=1S/C26H37ClN4O2/c1-18-5-3-11-30(17-18)12-4-10-28-25(32)19(2)20-8-13-31(14-9-20)26(33)24-16-21-15-22(27)6-7-23(21)29-24/h6-7,15-16,18-20,29H,3-5,8-14,17H2,1-2H3,(H,28,32)/t18-,19-/m1/s1. The van der Waals surface area contributed by atoms with Gasteiger partial charge in [0, 0.05) is 48.0 Å². The van der Waals surface area contributed by atoms with E-state index in [9.17, 15) is 9.59 Å². The molecule has 2 aliphatic rings. The van der Waals surface area contributed by atoms with Crippen LogP contribution in [0, 0.1) is 17.8 Å². The van der Waals surface area contributed by atoms with Crippen molar-refractivity contribution < 1.29 is 9.59 Å². The Morgan fingerprint density at radius 3 is 2.73 bits per heavy atom. The van der Waals surface area contributed by atoms with Crippen molar-refractivity contribution in [2.75, 3.05) is 39.3 Å². The zero-order chi connectivity index (χ0) is 23.4. The Balaban J connectivity index is 1.19. The minimum atomic E-state index is -0.0209. The zero-order valence-electron chi connectivity index (χ0n) is 19.9. The number of amides is 2. The van der Waals surface area contributed by atoms with E-state index in [1.165, 1.54) is 25.9 Å². The number of rotatable bonds is 7. The minimum absolute atomic E-state index is 0.0184. The molecule has 2 aromatic rings. The smallest absolute Gasteiger partial charge is 0.270 e. The van der Waals surface area contributed by atoms with Gasteiger partial charge in [-0.1, -0.05) is 25.4 Å². The number of H-pyrrole nitrogens is 1. The summed E-state index contributed by atoms with van der Waals surface area (Å²) < 4.78 is 0.